The van der Waals surface area contributed by atoms with Crippen molar-refractivity contribution in [1.29, 1.82) is 0 Å². The van der Waals surface area contributed by atoms with E-state index in [2.05, 4.69) is 15.5 Å². The van der Waals surface area contributed by atoms with E-state index in [9.17, 15) is 13.2 Å². The van der Waals surface area contributed by atoms with Crippen LogP contribution in [0.3, 0.4) is 0 Å². The molecule has 0 radical (unpaired) electrons. The first-order valence-electron chi connectivity index (χ1n) is 8.53. The van der Waals surface area contributed by atoms with Crippen LogP contribution < -0.4 is 10.1 Å². The van der Waals surface area contributed by atoms with E-state index >= 15 is 0 Å². The molecule has 0 spiro atoms. The third-order valence-electron chi connectivity index (χ3n) is 3.90. The Labute approximate surface area is 162 Å². The Bertz CT molecular complexity index is 1060. The molecule has 1 heterocycles. The number of carbonyl (C=O) groups is 1. The quantitative estimate of drug-likeness (QED) is 0.648. The Morgan fingerprint density at radius 3 is 2.39 bits per heavy atom. The standard InChI is InChI=1S/C19H19N3O5S/c1-3-28(24,25)16-10-6-14(7-11-16)18-21-22-19(27-18)20-17(23)12-26-15-8-4-13(2)5-9-15/h4-11H,3,12H2,1-2H3,(H,20,22,23). The van der Waals surface area contributed by atoms with E-state index in [4.69, 9.17) is 9.15 Å². The molecule has 146 valence electrons. The molecular formula is C19H19N3O5S. The molecule has 28 heavy (non-hydrogen) atoms. The summed E-state index contributed by atoms with van der Waals surface area (Å²) in [4.78, 5) is 12.2. The van der Waals surface area contributed by atoms with Crippen molar-refractivity contribution in [2.45, 2.75) is 18.7 Å². The minimum atomic E-state index is -3.28. The lowest BCUT2D eigenvalue weighted by molar-refractivity contribution is -0.118. The fourth-order valence-corrected chi connectivity index (χ4v) is 3.18. The second-order valence-corrected chi connectivity index (χ2v) is 8.27. The summed E-state index contributed by atoms with van der Waals surface area (Å²) in [5.74, 6) is 0.317. The molecule has 0 saturated carbocycles. The first-order chi connectivity index (χ1) is 13.4. The van der Waals surface area contributed by atoms with Crippen LogP contribution in [0.5, 0.6) is 5.75 Å². The van der Waals surface area contributed by atoms with Gasteiger partial charge in [-0.3, -0.25) is 10.1 Å². The number of amides is 1. The third-order valence-corrected chi connectivity index (χ3v) is 5.65. The molecular weight excluding hydrogens is 382 g/mol. The topological polar surface area (TPSA) is 111 Å². The summed E-state index contributed by atoms with van der Waals surface area (Å²) in [7, 11) is -3.28. The van der Waals surface area contributed by atoms with E-state index in [0.29, 0.717) is 11.3 Å². The first-order valence-corrected chi connectivity index (χ1v) is 10.2. The van der Waals surface area contributed by atoms with Crippen molar-refractivity contribution in [3.8, 4) is 17.2 Å². The molecule has 0 aliphatic carbocycles. The molecule has 1 aromatic heterocycles. The zero-order chi connectivity index (χ0) is 20.1. The van der Waals surface area contributed by atoms with Crippen molar-refractivity contribution in [3.05, 3.63) is 54.1 Å². The lowest BCUT2D eigenvalue weighted by Gasteiger charge is -2.05. The highest BCUT2D eigenvalue weighted by molar-refractivity contribution is 7.91. The van der Waals surface area contributed by atoms with E-state index in [-0.39, 0.29) is 29.2 Å². The monoisotopic (exact) mass is 401 g/mol. The van der Waals surface area contributed by atoms with E-state index in [0.717, 1.165) is 5.56 Å². The fraction of sp³-hybridized carbons (Fsp3) is 0.211. The number of hydrogen-bond acceptors (Lipinski definition) is 7. The molecule has 3 aromatic rings. The first kappa shape index (κ1) is 19.6. The van der Waals surface area contributed by atoms with E-state index in [1.807, 2.05) is 19.1 Å². The van der Waals surface area contributed by atoms with Gasteiger partial charge in [0.2, 0.25) is 5.89 Å². The number of sulfone groups is 1. The SMILES string of the molecule is CCS(=O)(=O)c1ccc(-c2nnc(NC(=O)COc3ccc(C)cc3)o2)cc1. The van der Waals surface area contributed by atoms with Gasteiger partial charge >= 0.3 is 6.01 Å². The molecule has 0 saturated heterocycles. The van der Waals surface area contributed by atoms with Gasteiger partial charge in [0.1, 0.15) is 5.75 Å². The van der Waals surface area contributed by atoms with Gasteiger partial charge in [-0.25, -0.2) is 8.42 Å². The van der Waals surface area contributed by atoms with Crippen LogP contribution in [-0.4, -0.2) is 36.9 Å². The largest absolute Gasteiger partial charge is 0.484 e. The minimum Gasteiger partial charge on any atom is -0.484 e. The van der Waals surface area contributed by atoms with Crippen LogP contribution in [-0.2, 0) is 14.6 Å². The fourth-order valence-electron chi connectivity index (χ4n) is 2.30. The van der Waals surface area contributed by atoms with Crippen LogP contribution in [0.15, 0.2) is 57.8 Å². The molecule has 3 rings (SSSR count). The van der Waals surface area contributed by atoms with Crippen molar-refractivity contribution >= 4 is 21.8 Å². The van der Waals surface area contributed by atoms with Crippen molar-refractivity contribution in [2.75, 3.05) is 17.7 Å². The molecule has 0 bridgehead atoms. The van der Waals surface area contributed by atoms with Crippen LogP contribution in [0, 0.1) is 6.92 Å². The van der Waals surface area contributed by atoms with Crippen molar-refractivity contribution in [1.82, 2.24) is 10.2 Å². The van der Waals surface area contributed by atoms with Crippen LogP contribution in [0.25, 0.3) is 11.5 Å². The summed E-state index contributed by atoms with van der Waals surface area (Å²) in [6.45, 7) is 3.34. The number of benzene rings is 2. The number of anilines is 1. The molecule has 0 unspecified atom stereocenters. The predicted octanol–water partition coefficient (Wildman–Crippen LogP) is 2.86. The number of hydrogen-bond donors (Lipinski definition) is 1. The van der Waals surface area contributed by atoms with Gasteiger partial charge in [-0.2, -0.15) is 0 Å². The Balaban J connectivity index is 1.60. The van der Waals surface area contributed by atoms with E-state index in [1.165, 1.54) is 12.1 Å². The van der Waals surface area contributed by atoms with Crippen LogP contribution in [0.4, 0.5) is 6.01 Å². The van der Waals surface area contributed by atoms with Gasteiger partial charge in [-0.1, -0.05) is 29.7 Å². The predicted molar refractivity (Wildman–Crippen MR) is 103 cm³/mol. The summed E-state index contributed by atoms with van der Waals surface area (Å²) in [5, 5.41) is 10.1. The van der Waals surface area contributed by atoms with Gasteiger partial charge in [0.15, 0.2) is 16.4 Å². The number of aryl methyl sites for hydroxylation is 1. The molecule has 0 aliphatic rings. The number of carbonyl (C=O) groups excluding carboxylic acids is 1. The maximum absolute atomic E-state index is 12.0. The summed E-state index contributed by atoms with van der Waals surface area (Å²) < 4.78 is 34.5. The zero-order valence-corrected chi connectivity index (χ0v) is 16.2. The van der Waals surface area contributed by atoms with Gasteiger partial charge in [0.05, 0.1) is 10.6 Å². The van der Waals surface area contributed by atoms with Gasteiger partial charge in [0, 0.05) is 5.56 Å². The smallest absolute Gasteiger partial charge is 0.322 e. The molecule has 1 N–H and O–H groups in total. The van der Waals surface area contributed by atoms with Crippen molar-refractivity contribution in [3.63, 3.8) is 0 Å². The molecule has 9 heteroatoms. The molecule has 0 fully saturated rings. The molecule has 2 aromatic carbocycles. The lowest BCUT2D eigenvalue weighted by atomic mass is 10.2. The number of rotatable bonds is 7. The number of nitrogens with one attached hydrogen (secondary N) is 1. The van der Waals surface area contributed by atoms with Crippen LogP contribution >= 0.6 is 0 Å². The Morgan fingerprint density at radius 1 is 1.07 bits per heavy atom. The Morgan fingerprint density at radius 2 is 1.75 bits per heavy atom. The number of ether oxygens (including phenoxy) is 1. The summed E-state index contributed by atoms with van der Waals surface area (Å²) in [6.07, 6.45) is 0. The molecule has 0 atom stereocenters. The Kier molecular flexibility index (Phi) is 5.74. The van der Waals surface area contributed by atoms with Gasteiger partial charge in [-0.15, -0.1) is 5.10 Å². The normalized spacial score (nSPS) is 11.2. The lowest BCUT2D eigenvalue weighted by Crippen LogP contribution is -2.20. The molecule has 1 amide bonds. The maximum Gasteiger partial charge on any atom is 0.322 e. The third kappa shape index (κ3) is 4.74. The second kappa shape index (κ2) is 8.22. The second-order valence-electron chi connectivity index (χ2n) is 5.99. The van der Waals surface area contributed by atoms with Gasteiger partial charge in [-0.05, 0) is 43.3 Å². The number of nitrogens with zero attached hydrogens (tertiary/aromatic N) is 2. The van der Waals surface area contributed by atoms with Crippen molar-refractivity contribution in [2.24, 2.45) is 0 Å². The highest BCUT2D eigenvalue weighted by Crippen LogP contribution is 2.22. The average molecular weight is 401 g/mol. The number of aromatic nitrogens is 2. The van der Waals surface area contributed by atoms with Gasteiger partial charge < -0.3 is 9.15 Å². The van der Waals surface area contributed by atoms with E-state index in [1.54, 1.807) is 31.2 Å². The van der Waals surface area contributed by atoms with Crippen molar-refractivity contribution < 1.29 is 22.4 Å². The summed E-state index contributed by atoms with van der Waals surface area (Å²) >= 11 is 0. The minimum absolute atomic E-state index is 0.0216. The van der Waals surface area contributed by atoms with E-state index < -0.39 is 15.7 Å². The zero-order valence-electron chi connectivity index (χ0n) is 15.4. The van der Waals surface area contributed by atoms with Gasteiger partial charge in [0.25, 0.3) is 5.91 Å². The summed E-state index contributed by atoms with van der Waals surface area (Å²) in [5.41, 5.74) is 1.63. The Hall–Kier alpha value is -3.20. The molecule has 0 aliphatic heterocycles. The summed E-state index contributed by atoms with van der Waals surface area (Å²) in [6, 6.07) is 13.3. The highest BCUT2D eigenvalue weighted by Gasteiger charge is 2.14. The molecule has 8 nitrogen and oxygen atoms in total. The highest BCUT2D eigenvalue weighted by atomic mass is 32.2. The maximum atomic E-state index is 12.0. The van der Waals surface area contributed by atoms with Crippen LogP contribution in [0.2, 0.25) is 0 Å². The van der Waals surface area contributed by atoms with Crippen LogP contribution in [0.1, 0.15) is 12.5 Å². The average Bonchev–Trinajstić information content (AvgIpc) is 3.16.